The molecule has 0 radical (unpaired) electrons. The van der Waals surface area contributed by atoms with E-state index in [1.54, 1.807) is 19.1 Å². The van der Waals surface area contributed by atoms with Crippen LogP contribution in [-0.4, -0.2) is 42.1 Å². The van der Waals surface area contributed by atoms with Gasteiger partial charge >= 0.3 is 0 Å². The van der Waals surface area contributed by atoms with Crippen LogP contribution in [0.2, 0.25) is 0 Å². The molecule has 6 nitrogen and oxygen atoms in total. The SMILES string of the molecule is C=CCN(CC=C)S(=O)(=O)c1c(CNC(C)C)n[nH]c1C. The summed E-state index contributed by atoms with van der Waals surface area (Å²) in [5, 5.41) is 10.1. The molecule has 0 amide bonds. The molecule has 0 spiro atoms. The fraction of sp³-hybridized carbons (Fsp3) is 0.500. The summed E-state index contributed by atoms with van der Waals surface area (Å²) in [7, 11) is -3.63. The third-order valence-corrected chi connectivity index (χ3v) is 4.94. The molecule has 0 aliphatic rings. The largest absolute Gasteiger partial charge is 0.309 e. The van der Waals surface area contributed by atoms with E-state index in [1.807, 2.05) is 13.8 Å². The molecule has 2 N–H and O–H groups in total. The molecule has 1 aromatic rings. The number of hydrogen-bond acceptors (Lipinski definition) is 4. The Hall–Kier alpha value is -1.44. The van der Waals surface area contributed by atoms with Crippen molar-refractivity contribution in [1.82, 2.24) is 19.8 Å². The van der Waals surface area contributed by atoms with Gasteiger partial charge in [-0.05, 0) is 6.92 Å². The summed E-state index contributed by atoms with van der Waals surface area (Å²) < 4.78 is 26.9. The molecule has 0 atom stereocenters. The van der Waals surface area contributed by atoms with Crippen LogP contribution in [0.4, 0.5) is 0 Å². The summed E-state index contributed by atoms with van der Waals surface area (Å²) >= 11 is 0. The average Bonchev–Trinajstić information content (AvgIpc) is 2.78. The highest BCUT2D eigenvalue weighted by atomic mass is 32.2. The van der Waals surface area contributed by atoms with Crippen molar-refractivity contribution < 1.29 is 8.42 Å². The zero-order chi connectivity index (χ0) is 16.0. The zero-order valence-electron chi connectivity index (χ0n) is 12.9. The van der Waals surface area contributed by atoms with Crippen LogP contribution >= 0.6 is 0 Å². The Kier molecular flexibility index (Phi) is 6.32. The van der Waals surface area contributed by atoms with Gasteiger partial charge in [0.05, 0.1) is 11.4 Å². The summed E-state index contributed by atoms with van der Waals surface area (Å²) in [6, 6.07) is 0.245. The number of aromatic amines is 1. The van der Waals surface area contributed by atoms with E-state index in [1.165, 1.54) is 4.31 Å². The molecule has 0 aliphatic heterocycles. The second-order valence-corrected chi connectivity index (χ2v) is 6.93. The van der Waals surface area contributed by atoms with Gasteiger partial charge < -0.3 is 5.32 Å². The minimum atomic E-state index is -3.63. The van der Waals surface area contributed by atoms with Gasteiger partial charge in [-0.1, -0.05) is 26.0 Å². The van der Waals surface area contributed by atoms with Gasteiger partial charge in [-0.3, -0.25) is 5.10 Å². The number of hydrogen-bond donors (Lipinski definition) is 2. The molecule has 0 bridgehead atoms. The number of nitrogens with one attached hydrogen (secondary N) is 2. The molecule has 1 heterocycles. The number of H-pyrrole nitrogens is 1. The van der Waals surface area contributed by atoms with Crippen LogP contribution in [-0.2, 0) is 16.6 Å². The van der Waals surface area contributed by atoms with Crippen LogP contribution in [0.3, 0.4) is 0 Å². The Balaban J connectivity index is 3.19. The third kappa shape index (κ3) is 4.26. The Labute approximate surface area is 127 Å². The molecular formula is C14H24N4O2S. The van der Waals surface area contributed by atoms with Crippen LogP contribution in [0.25, 0.3) is 0 Å². The minimum Gasteiger partial charge on any atom is -0.309 e. The summed E-state index contributed by atoms with van der Waals surface area (Å²) in [6.45, 7) is 13.8. The van der Waals surface area contributed by atoms with Crippen molar-refractivity contribution in [3.63, 3.8) is 0 Å². The molecule has 118 valence electrons. The van der Waals surface area contributed by atoms with Crippen LogP contribution in [0.1, 0.15) is 25.2 Å². The second-order valence-electron chi connectivity index (χ2n) is 5.06. The van der Waals surface area contributed by atoms with Gasteiger partial charge in [0, 0.05) is 25.7 Å². The highest BCUT2D eigenvalue weighted by Gasteiger charge is 2.29. The lowest BCUT2D eigenvalue weighted by Crippen LogP contribution is -2.33. The van der Waals surface area contributed by atoms with E-state index in [0.717, 1.165) is 0 Å². The number of aryl methyl sites for hydroxylation is 1. The smallest absolute Gasteiger partial charge is 0.247 e. The second kappa shape index (κ2) is 7.53. The molecule has 7 heteroatoms. The molecule has 0 aliphatic carbocycles. The van der Waals surface area contributed by atoms with E-state index in [9.17, 15) is 8.42 Å². The Morgan fingerprint density at radius 2 is 1.90 bits per heavy atom. The van der Waals surface area contributed by atoms with Crippen molar-refractivity contribution in [1.29, 1.82) is 0 Å². The summed E-state index contributed by atoms with van der Waals surface area (Å²) in [6.07, 6.45) is 3.12. The normalized spacial score (nSPS) is 12.0. The molecule has 0 unspecified atom stereocenters. The van der Waals surface area contributed by atoms with E-state index in [-0.39, 0.29) is 24.0 Å². The van der Waals surface area contributed by atoms with Crippen LogP contribution in [0.15, 0.2) is 30.2 Å². The zero-order valence-corrected chi connectivity index (χ0v) is 13.7. The van der Waals surface area contributed by atoms with Crippen molar-refractivity contribution in [3.8, 4) is 0 Å². The molecule has 1 aromatic heterocycles. The lowest BCUT2D eigenvalue weighted by molar-refractivity contribution is 0.471. The quantitative estimate of drug-likeness (QED) is 0.679. The lowest BCUT2D eigenvalue weighted by Gasteiger charge is -2.19. The Morgan fingerprint density at radius 3 is 2.38 bits per heavy atom. The number of nitrogens with zero attached hydrogens (tertiary/aromatic N) is 2. The average molecular weight is 312 g/mol. The van der Waals surface area contributed by atoms with Gasteiger partial charge in [0.25, 0.3) is 0 Å². The maximum Gasteiger partial charge on any atom is 0.247 e. The van der Waals surface area contributed by atoms with Crippen molar-refractivity contribution in [2.24, 2.45) is 0 Å². The van der Waals surface area contributed by atoms with Crippen LogP contribution in [0.5, 0.6) is 0 Å². The number of rotatable bonds is 9. The van der Waals surface area contributed by atoms with Crippen molar-refractivity contribution in [2.75, 3.05) is 13.1 Å². The number of sulfonamides is 1. The van der Waals surface area contributed by atoms with Crippen molar-refractivity contribution in [3.05, 3.63) is 36.7 Å². The van der Waals surface area contributed by atoms with Gasteiger partial charge in [0.1, 0.15) is 4.90 Å². The highest BCUT2D eigenvalue weighted by molar-refractivity contribution is 7.89. The van der Waals surface area contributed by atoms with Crippen molar-refractivity contribution in [2.45, 2.75) is 38.3 Å². The molecule has 0 saturated carbocycles. The summed E-state index contributed by atoms with van der Waals surface area (Å²) in [4.78, 5) is 0.236. The predicted octanol–water partition coefficient (Wildman–Crippen LogP) is 1.58. The van der Waals surface area contributed by atoms with E-state index < -0.39 is 10.0 Å². The van der Waals surface area contributed by atoms with E-state index in [4.69, 9.17) is 0 Å². The molecule has 0 saturated heterocycles. The topological polar surface area (TPSA) is 78.1 Å². The first kappa shape index (κ1) is 17.6. The first-order chi connectivity index (χ1) is 9.84. The molecule has 1 rings (SSSR count). The first-order valence-electron chi connectivity index (χ1n) is 6.83. The van der Waals surface area contributed by atoms with Gasteiger partial charge in [-0.15, -0.1) is 13.2 Å². The minimum absolute atomic E-state index is 0.232. The third-order valence-electron chi connectivity index (χ3n) is 2.90. The van der Waals surface area contributed by atoms with Crippen molar-refractivity contribution >= 4 is 10.0 Å². The molecule has 21 heavy (non-hydrogen) atoms. The Bertz CT molecular complexity index is 580. The summed E-state index contributed by atoms with van der Waals surface area (Å²) in [5.74, 6) is 0. The van der Waals surface area contributed by atoms with E-state index >= 15 is 0 Å². The van der Waals surface area contributed by atoms with Crippen LogP contribution < -0.4 is 5.32 Å². The van der Waals surface area contributed by atoms with Gasteiger partial charge in [-0.25, -0.2) is 8.42 Å². The fourth-order valence-corrected chi connectivity index (χ4v) is 3.63. The van der Waals surface area contributed by atoms with Crippen LogP contribution in [0, 0.1) is 6.92 Å². The molecular weight excluding hydrogens is 288 g/mol. The standard InChI is InChI=1S/C14H24N4O2S/c1-6-8-18(9-7-2)21(19,20)14-12(5)16-17-13(14)10-15-11(3)4/h6-7,11,15H,1-2,8-10H2,3-5H3,(H,16,17). The highest BCUT2D eigenvalue weighted by Crippen LogP contribution is 2.22. The molecule has 0 fully saturated rings. The van der Waals surface area contributed by atoms with Gasteiger partial charge in [-0.2, -0.15) is 9.40 Å². The monoisotopic (exact) mass is 312 g/mol. The van der Waals surface area contributed by atoms with Gasteiger partial charge in [0.2, 0.25) is 10.0 Å². The maximum absolute atomic E-state index is 12.8. The fourth-order valence-electron chi connectivity index (χ4n) is 1.92. The maximum atomic E-state index is 12.8. The first-order valence-corrected chi connectivity index (χ1v) is 8.27. The lowest BCUT2D eigenvalue weighted by atomic mass is 10.3. The predicted molar refractivity (Wildman–Crippen MR) is 84.5 cm³/mol. The van der Waals surface area contributed by atoms with E-state index in [2.05, 4.69) is 28.7 Å². The van der Waals surface area contributed by atoms with Gasteiger partial charge in [0.15, 0.2) is 0 Å². The number of aromatic nitrogens is 2. The van der Waals surface area contributed by atoms with E-state index in [0.29, 0.717) is 17.9 Å². The Morgan fingerprint density at radius 1 is 1.33 bits per heavy atom. The molecule has 0 aromatic carbocycles. The summed E-state index contributed by atoms with van der Waals surface area (Å²) in [5.41, 5.74) is 1.04.